The lowest BCUT2D eigenvalue weighted by Crippen LogP contribution is -2.58. The van der Waals surface area contributed by atoms with Gasteiger partial charge >= 0.3 is 6.09 Å². The second kappa shape index (κ2) is 13.8. The summed E-state index contributed by atoms with van der Waals surface area (Å²) in [5.74, 6) is 0.531. The molecule has 0 aliphatic carbocycles. The van der Waals surface area contributed by atoms with E-state index in [1.165, 1.54) is 0 Å². The number of benzene rings is 3. The molecule has 0 saturated carbocycles. The molecule has 6 rings (SSSR count). The van der Waals surface area contributed by atoms with E-state index in [9.17, 15) is 18.0 Å². The first kappa shape index (κ1) is 33.2. The van der Waals surface area contributed by atoms with E-state index in [1.807, 2.05) is 106 Å². The lowest BCUT2D eigenvalue weighted by atomic mass is 10.0. The average molecular weight is 672 g/mol. The van der Waals surface area contributed by atoms with Gasteiger partial charge in [0.2, 0.25) is 0 Å². The summed E-state index contributed by atoms with van der Waals surface area (Å²) in [6, 6.07) is 26.5. The molecule has 1 atom stereocenters. The summed E-state index contributed by atoms with van der Waals surface area (Å²) >= 11 is 0. The molecule has 0 radical (unpaired) electrons. The van der Waals surface area contributed by atoms with Gasteiger partial charge in [-0.25, -0.2) is 17.9 Å². The first-order valence-electron chi connectivity index (χ1n) is 16.3. The Morgan fingerprint density at radius 3 is 2.27 bits per heavy atom. The number of amides is 2. The largest absolute Gasteiger partial charge is 0.490 e. The summed E-state index contributed by atoms with van der Waals surface area (Å²) in [6.07, 6.45) is 0.819. The third kappa shape index (κ3) is 7.87. The lowest BCUT2D eigenvalue weighted by Gasteiger charge is -2.41. The molecule has 48 heavy (non-hydrogen) atoms. The minimum Gasteiger partial charge on any atom is -0.490 e. The Morgan fingerprint density at radius 1 is 0.896 bits per heavy atom. The van der Waals surface area contributed by atoms with Gasteiger partial charge in [0.15, 0.2) is 15.5 Å². The molecule has 2 fully saturated rings. The van der Waals surface area contributed by atoms with Crippen molar-refractivity contribution >= 4 is 21.8 Å². The summed E-state index contributed by atoms with van der Waals surface area (Å²) in [5, 5.41) is 8.94. The Hall–Kier alpha value is -4.71. The van der Waals surface area contributed by atoms with Crippen molar-refractivity contribution in [3.63, 3.8) is 0 Å². The highest BCUT2D eigenvalue weighted by atomic mass is 32.2. The van der Waals surface area contributed by atoms with Crippen LogP contribution in [-0.2, 0) is 21.0 Å². The fourth-order valence-corrected chi connectivity index (χ4v) is 7.59. The first-order valence-corrected chi connectivity index (χ1v) is 18.1. The number of rotatable bonds is 7. The van der Waals surface area contributed by atoms with Crippen LogP contribution in [-0.4, -0.2) is 94.1 Å². The maximum atomic E-state index is 14.5. The van der Waals surface area contributed by atoms with Crippen molar-refractivity contribution in [1.29, 1.82) is 0 Å². The van der Waals surface area contributed by atoms with E-state index in [0.29, 0.717) is 56.0 Å². The molecule has 0 unspecified atom stereocenters. The fraction of sp³-hybridized carbons (Fsp3) is 0.389. The second-order valence-corrected chi connectivity index (χ2v) is 15.6. The van der Waals surface area contributed by atoms with Crippen molar-refractivity contribution in [2.75, 3.05) is 31.1 Å². The number of sulfone groups is 1. The third-order valence-corrected chi connectivity index (χ3v) is 10.2. The van der Waals surface area contributed by atoms with Crippen LogP contribution < -0.4 is 4.74 Å². The van der Waals surface area contributed by atoms with Gasteiger partial charge in [-0.3, -0.25) is 4.79 Å². The maximum Gasteiger partial charge on any atom is 0.410 e. The van der Waals surface area contributed by atoms with Gasteiger partial charge in [0.1, 0.15) is 23.1 Å². The number of carbonyl (C=O) groups is 2. The minimum atomic E-state index is -3.01. The van der Waals surface area contributed by atoms with Crippen LogP contribution in [0.15, 0.2) is 84.9 Å². The van der Waals surface area contributed by atoms with Crippen LogP contribution >= 0.6 is 0 Å². The Labute approximate surface area is 281 Å². The molecule has 3 aromatic carbocycles. The number of carbonyl (C=O) groups excluding carboxylic acids is 2. The fourth-order valence-electron chi connectivity index (χ4n) is 6.14. The van der Waals surface area contributed by atoms with Crippen LogP contribution in [0.2, 0.25) is 0 Å². The summed E-state index contributed by atoms with van der Waals surface area (Å²) in [5.41, 5.74) is 2.56. The molecule has 2 amide bonds. The Morgan fingerprint density at radius 2 is 1.58 bits per heavy atom. The van der Waals surface area contributed by atoms with E-state index in [-0.39, 0.29) is 35.3 Å². The first-order chi connectivity index (χ1) is 23.0. The summed E-state index contributed by atoms with van der Waals surface area (Å²) in [4.78, 5) is 31.1. The third-order valence-electron chi connectivity index (χ3n) is 8.50. The van der Waals surface area contributed by atoms with E-state index >= 15 is 0 Å². The highest BCUT2D eigenvalue weighted by Gasteiger charge is 2.37. The van der Waals surface area contributed by atoms with Gasteiger partial charge in [-0.15, -0.1) is 5.10 Å². The van der Waals surface area contributed by atoms with Crippen molar-refractivity contribution in [2.24, 2.45) is 0 Å². The highest BCUT2D eigenvalue weighted by molar-refractivity contribution is 7.91. The van der Waals surface area contributed by atoms with Crippen LogP contribution in [0.25, 0.3) is 16.9 Å². The Balaban J connectivity index is 1.31. The van der Waals surface area contributed by atoms with E-state index in [1.54, 1.807) is 14.5 Å². The molecule has 2 aliphatic rings. The zero-order valence-corrected chi connectivity index (χ0v) is 28.3. The van der Waals surface area contributed by atoms with E-state index < -0.39 is 21.5 Å². The summed E-state index contributed by atoms with van der Waals surface area (Å²) in [6.45, 7) is 6.45. The van der Waals surface area contributed by atoms with Crippen molar-refractivity contribution in [1.82, 2.24) is 24.8 Å². The number of hydrogen-bond donors (Lipinski definition) is 0. The van der Waals surface area contributed by atoms with Gasteiger partial charge in [0.05, 0.1) is 23.2 Å². The van der Waals surface area contributed by atoms with Gasteiger partial charge in [-0.2, -0.15) is 0 Å². The quantitative estimate of drug-likeness (QED) is 0.263. The Bertz CT molecular complexity index is 1840. The molecular formula is C36H41N5O6S. The van der Waals surface area contributed by atoms with Crippen LogP contribution in [0.5, 0.6) is 5.75 Å². The van der Waals surface area contributed by atoms with Crippen LogP contribution in [0.4, 0.5) is 4.79 Å². The van der Waals surface area contributed by atoms with E-state index in [2.05, 4.69) is 10.3 Å². The molecule has 2 aliphatic heterocycles. The summed E-state index contributed by atoms with van der Waals surface area (Å²) in [7, 11) is -3.01. The molecular weight excluding hydrogens is 630 g/mol. The van der Waals surface area contributed by atoms with Crippen LogP contribution in [0.3, 0.4) is 0 Å². The van der Waals surface area contributed by atoms with Crippen LogP contribution in [0, 0.1) is 0 Å². The monoisotopic (exact) mass is 671 g/mol. The standard InChI is InChI=1S/C36H41N5O6S/c1-36(2,3)47-35(43)39-19-20-40(29(25-39)23-26-11-6-4-7-12-26)34(42)32-33(27-13-8-5-9-14-27)41(38-37-32)28-15-10-16-31(24-28)46-30-17-21-48(44,45)22-18-30/h4-16,24,29-30H,17-23,25H2,1-3H3/t29-/m1/s1. The molecule has 2 saturated heterocycles. The van der Waals surface area contributed by atoms with Crippen molar-refractivity contribution in [3.8, 4) is 22.7 Å². The maximum absolute atomic E-state index is 14.5. The van der Waals surface area contributed by atoms with E-state index in [4.69, 9.17) is 9.47 Å². The summed E-state index contributed by atoms with van der Waals surface area (Å²) < 4.78 is 37.3. The van der Waals surface area contributed by atoms with Gasteiger partial charge in [-0.1, -0.05) is 71.9 Å². The topological polar surface area (TPSA) is 124 Å². The molecule has 3 heterocycles. The molecule has 252 valence electrons. The number of nitrogens with zero attached hydrogens (tertiary/aromatic N) is 5. The van der Waals surface area contributed by atoms with Crippen molar-refractivity contribution in [3.05, 3.63) is 96.2 Å². The minimum absolute atomic E-state index is 0.112. The smallest absolute Gasteiger partial charge is 0.410 e. The Kier molecular flexibility index (Phi) is 9.54. The normalized spacial score (nSPS) is 18.4. The molecule has 0 N–H and O–H groups in total. The predicted octanol–water partition coefficient (Wildman–Crippen LogP) is 5.19. The predicted molar refractivity (Wildman–Crippen MR) is 182 cm³/mol. The van der Waals surface area contributed by atoms with Crippen LogP contribution in [0.1, 0.15) is 49.7 Å². The van der Waals surface area contributed by atoms with Crippen molar-refractivity contribution in [2.45, 2.75) is 57.8 Å². The molecule has 12 heteroatoms. The van der Waals surface area contributed by atoms with Gasteiger partial charge < -0.3 is 19.3 Å². The van der Waals surface area contributed by atoms with E-state index in [0.717, 1.165) is 11.1 Å². The molecule has 0 bridgehead atoms. The number of aromatic nitrogens is 3. The molecule has 0 spiro atoms. The zero-order chi connectivity index (χ0) is 33.9. The number of piperazine rings is 1. The molecule has 4 aromatic rings. The zero-order valence-electron chi connectivity index (χ0n) is 27.5. The van der Waals surface area contributed by atoms with Gasteiger partial charge in [0, 0.05) is 31.3 Å². The second-order valence-electron chi connectivity index (χ2n) is 13.3. The number of ether oxygens (including phenoxy) is 2. The number of hydrogen-bond acceptors (Lipinski definition) is 8. The highest BCUT2D eigenvalue weighted by Crippen LogP contribution is 2.30. The van der Waals surface area contributed by atoms with Gasteiger partial charge in [0.25, 0.3) is 5.91 Å². The van der Waals surface area contributed by atoms with Crippen molar-refractivity contribution < 1.29 is 27.5 Å². The molecule has 11 nitrogen and oxygen atoms in total. The molecule has 1 aromatic heterocycles. The SMILES string of the molecule is CC(C)(C)OC(=O)N1CCN(C(=O)c2nnn(-c3cccc(OC4CCS(=O)(=O)CC4)c3)c2-c2ccccc2)[C@H](Cc2ccccc2)C1. The van der Waals surface area contributed by atoms with Gasteiger partial charge in [-0.05, 0) is 57.7 Å². The lowest BCUT2D eigenvalue weighted by molar-refractivity contribution is 0.00427. The average Bonchev–Trinajstić information content (AvgIpc) is 3.51.